The predicted octanol–water partition coefficient (Wildman–Crippen LogP) is 3.99. The van der Waals surface area contributed by atoms with Crippen LogP contribution >= 0.6 is 0 Å². The molecule has 110 valence electrons. The van der Waals surface area contributed by atoms with Gasteiger partial charge in [0.05, 0.1) is 11.5 Å². The van der Waals surface area contributed by atoms with Gasteiger partial charge >= 0.3 is 5.69 Å². The molecule has 0 unspecified atom stereocenters. The molecule has 1 aromatic rings. The van der Waals surface area contributed by atoms with Gasteiger partial charge in [0, 0.05) is 24.4 Å². The average molecular weight is 278 g/mol. The Kier molecular flexibility index (Phi) is 4.47. The monoisotopic (exact) mass is 278 g/mol. The molecule has 0 atom stereocenters. The molecule has 0 heterocycles. The zero-order valence-electron chi connectivity index (χ0n) is 12.1. The molecule has 0 aromatic heterocycles. The lowest BCUT2D eigenvalue weighted by Crippen LogP contribution is -2.35. The second-order valence-electron chi connectivity index (χ2n) is 5.43. The molecule has 1 saturated carbocycles. The highest BCUT2D eigenvalue weighted by atomic mass is 16.6. The van der Waals surface area contributed by atoms with E-state index in [2.05, 4.69) is 12.2 Å². The molecule has 5 nitrogen and oxygen atoms in total. The molecule has 20 heavy (non-hydrogen) atoms. The summed E-state index contributed by atoms with van der Waals surface area (Å²) < 4.78 is 5.36. The Bertz CT molecular complexity index is 478. The largest absolute Gasteiger partial charge is 0.487 e. The van der Waals surface area contributed by atoms with Gasteiger partial charge in [-0.1, -0.05) is 13.3 Å². The molecule has 0 bridgehead atoms. The molecular formula is C15H22N2O3. The smallest absolute Gasteiger partial charge is 0.311 e. The highest BCUT2D eigenvalue weighted by molar-refractivity contribution is 5.58. The van der Waals surface area contributed by atoms with Crippen molar-refractivity contribution in [1.29, 1.82) is 0 Å². The minimum atomic E-state index is -0.408. The molecule has 0 spiro atoms. The van der Waals surface area contributed by atoms with Gasteiger partial charge in [0.15, 0.2) is 5.75 Å². The van der Waals surface area contributed by atoms with E-state index in [9.17, 15) is 10.1 Å². The summed E-state index contributed by atoms with van der Waals surface area (Å²) in [7, 11) is 0. The third-order valence-electron chi connectivity index (χ3n) is 4.29. The van der Waals surface area contributed by atoms with Gasteiger partial charge in [-0.3, -0.25) is 10.1 Å². The fraction of sp³-hybridized carbons (Fsp3) is 0.600. The Morgan fingerprint density at radius 3 is 2.65 bits per heavy atom. The molecule has 2 rings (SSSR count). The van der Waals surface area contributed by atoms with Crippen LogP contribution in [0.25, 0.3) is 0 Å². The maximum Gasteiger partial charge on any atom is 0.311 e. The van der Waals surface area contributed by atoms with Crippen molar-refractivity contribution in [2.75, 3.05) is 18.5 Å². The Labute approximate surface area is 119 Å². The van der Waals surface area contributed by atoms with Crippen LogP contribution in [-0.2, 0) is 0 Å². The van der Waals surface area contributed by atoms with Gasteiger partial charge in [-0.15, -0.1) is 0 Å². The van der Waals surface area contributed by atoms with Crippen molar-refractivity contribution < 1.29 is 9.66 Å². The van der Waals surface area contributed by atoms with Crippen LogP contribution in [0.15, 0.2) is 18.2 Å². The number of benzene rings is 1. The molecule has 0 aliphatic heterocycles. The first kappa shape index (κ1) is 14.6. The standard InChI is InChI=1S/C15H22N2O3/c1-3-15(8-5-9-15)11-16-12-6-7-13(17(18)19)14(10-12)20-4-2/h6-7,10,16H,3-5,8-9,11H2,1-2H3. The number of hydrogen-bond acceptors (Lipinski definition) is 4. The third-order valence-corrected chi connectivity index (χ3v) is 4.29. The number of ether oxygens (including phenoxy) is 1. The van der Waals surface area contributed by atoms with E-state index in [1.807, 2.05) is 6.92 Å². The summed E-state index contributed by atoms with van der Waals surface area (Å²) in [6.07, 6.45) is 5.01. The number of rotatable bonds is 7. The van der Waals surface area contributed by atoms with Gasteiger partial charge < -0.3 is 10.1 Å². The second kappa shape index (κ2) is 6.11. The Hall–Kier alpha value is -1.78. The number of anilines is 1. The summed E-state index contributed by atoms with van der Waals surface area (Å²) >= 11 is 0. The van der Waals surface area contributed by atoms with E-state index in [1.54, 1.807) is 12.1 Å². The number of nitrogens with zero attached hydrogens (tertiary/aromatic N) is 1. The van der Waals surface area contributed by atoms with E-state index in [0.717, 1.165) is 12.2 Å². The Morgan fingerprint density at radius 1 is 1.40 bits per heavy atom. The van der Waals surface area contributed by atoms with E-state index < -0.39 is 4.92 Å². The highest BCUT2D eigenvalue weighted by Gasteiger charge is 2.34. The Morgan fingerprint density at radius 2 is 2.15 bits per heavy atom. The minimum Gasteiger partial charge on any atom is -0.487 e. The number of nitro groups is 1. The van der Waals surface area contributed by atoms with Gasteiger partial charge in [-0.25, -0.2) is 0 Å². The van der Waals surface area contributed by atoms with Crippen LogP contribution in [0, 0.1) is 15.5 Å². The quantitative estimate of drug-likeness (QED) is 0.605. The fourth-order valence-corrected chi connectivity index (χ4v) is 2.67. The molecule has 1 N–H and O–H groups in total. The molecule has 1 fully saturated rings. The highest BCUT2D eigenvalue weighted by Crippen LogP contribution is 2.44. The van der Waals surface area contributed by atoms with Gasteiger partial charge in [-0.05, 0) is 37.7 Å². The lowest BCUT2D eigenvalue weighted by molar-refractivity contribution is -0.385. The minimum absolute atomic E-state index is 0.0197. The van der Waals surface area contributed by atoms with Crippen LogP contribution in [-0.4, -0.2) is 18.1 Å². The van der Waals surface area contributed by atoms with E-state index in [4.69, 9.17) is 4.74 Å². The van der Waals surface area contributed by atoms with Crippen molar-refractivity contribution >= 4 is 11.4 Å². The normalized spacial score (nSPS) is 16.3. The van der Waals surface area contributed by atoms with Gasteiger partial charge in [0.2, 0.25) is 0 Å². The van der Waals surface area contributed by atoms with Crippen LogP contribution in [0.3, 0.4) is 0 Å². The lowest BCUT2D eigenvalue weighted by atomic mass is 9.67. The van der Waals surface area contributed by atoms with Gasteiger partial charge in [-0.2, -0.15) is 0 Å². The number of hydrogen-bond donors (Lipinski definition) is 1. The summed E-state index contributed by atoms with van der Waals surface area (Å²) in [5.41, 5.74) is 1.32. The first-order valence-electron chi connectivity index (χ1n) is 7.25. The van der Waals surface area contributed by atoms with Crippen LogP contribution in [0.2, 0.25) is 0 Å². The number of nitrogens with one attached hydrogen (secondary N) is 1. The van der Waals surface area contributed by atoms with Crippen molar-refractivity contribution in [1.82, 2.24) is 0 Å². The first-order valence-corrected chi connectivity index (χ1v) is 7.25. The van der Waals surface area contributed by atoms with E-state index >= 15 is 0 Å². The lowest BCUT2D eigenvalue weighted by Gasteiger charge is -2.41. The molecule has 1 aliphatic carbocycles. The maximum absolute atomic E-state index is 10.9. The molecule has 0 saturated heterocycles. The Balaban J connectivity index is 2.08. The van der Waals surface area contributed by atoms with Crippen molar-refractivity contribution in [3.63, 3.8) is 0 Å². The van der Waals surface area contributed by atoms with E-state index in [1.165, 1.54) is 31.7 Å². The summed E-state index contributed by atoms with van der Waals surface area (Å²) in [6.45, 7) is 5.39. The van der Waals surface area contributed by atoms with Crippen molar-refractivity contribution in [3.8, 4) is 5.75 Å². The molecule has 0 amide bonds. The zero-order valence-corrected chi connectivity index (χ0v) is 12.1. The average Bonchev–Trinajstić information content (AvgIpc) is 2.38. The van der Waals surface area contributed by atoms with Crippen LogP contribution in [0.5, 0.6) is 5.75 Å². The molecular weight excluding hydrogens is 256 g/mol. The topological polar surface area (TPSA) is 64.4 Å². The summed E-state index contributed by atoms with van der Waals surface area (Å²) in [5.74, 6) is 0.335. The first-order chi connectivity index (χ1) is 9.60. The molecule has 1 aliphatic rings. The van der Waals surface area contributed by atoms with Crippen molar-refractivity contribution in [2.45, 2.75) is 39.5 Å². The SMILES string of the molecule is CCOc1cc(NCC2(CC)CCC2)ccc1[N+](=O)[O-]. The zero-order chi connectivity index (χ0) is 14.6. The van der Waals surface area contributed by atoms with E-state index in [-0.39, 0.29) is 5.69 Å². The second-order valence-corrected chi connectivity index (χ2v) is 5.43. The summed E-state index contributed by atoms with van der Waals surface area (Å²) in [6, 6.07) is 4.99. The van der Waals surface area contributed by atoms with Crippen LogP contribution in [0.1, 0.15) is 39.5 Å². The van der Waals surface area contributed by atoms with Crippen LogP contribution in [0.4, 0.5) is 11.4 Å². The molecule has 1 aromatic carbocycles. The molecule has 5 heteroatoms. The summed E-state index contributed by atoms with van der Waals surface area (Å²) in [4.78, 5) is 10.5. The predicted molar refractivity (Wildman–Crippen MR) is 79.3 cm³/mol. The number of nitro benzene ring substituents is 1. The third kappa shape index (κ3) is 3.03. The van der Waals surface area contributed by atoms with Crippen molar-refractivity contribution in [2.24, 2.45) is 5.41 Å². The van der Waals surface area contributed by atoms with Crippen molar-refractivity contribution in [3.05, 3.63) is 28.3 Å². The summed E-state index contributed by atoms with van der Waals surface area (Å²) in [5, 5.41) is 14.3. The van der Waals surface area contributed by atoms with E-state index in [0.29, 0.717) is 17.8 Å². The maximum atomic E-state index is 10.9. The van der Waals surface area contributed by atoms with Gasteiger partial charge in [0.1, 0.15) is 0 Å². The molecule has 0 radical (unpaired) electrons. The van der Waals surface area contributed by atoms with Crippen LogP contribution < -0.4 is 10.1 Å². The van der Waals surface area contributed by atoms with Gasteiger partial charge in [0.25, 0.3) is 0 Å². The fourth-order valence-electron chi connectivity index (χ4n) is 2.67.